The fraction of sp³-hybridized carbons (Fsp3) is 0.300. The molecule has 0 radical (unpaired) electrons. The lowest BCUT2D eigenvalue weighted by atomic mass is 9.90. The monoisotopic (exact) mass is 178 g/mol. The third-order valence-corrected chi connectivity index (χ3v) is 1.94. The van der Waals surface area contributed by atoms with Crippen molar-refractivity contribution < 1.29 is 4.39 Å². The minimum absolute atomic E-state index is 0.105. The highest BCUT2D eigenvalue weighted by Crippen LogP contribution is 2.23. The second-order valence-corrected chi connectivity index (χ2v) is 3.23. The summed E-state index contributed by atoms with van der Waals surface area (Å²) in [6.45, 7) is 1.65. The second kappa shape index (κ2) is 3.55. The van der Waals surface area contributed by atoms with E-state index in [2.05, 4.69) is 0 Å². The average Bonchev–Trinajstić information content (AvgIpc) is 2.04. The number of nitrogens with two attached hydrogens (primary N) is 1. The SMILES string of the molecule is CC(N)(CC#N)c1ccccc1F. The van der Waals surface area contributed by atoms with E-state index in [9.17, 15) is 4.39 Å². The van der Waals surface area contributed by atoms with E-state index in [4.69, 9.17) is 11.0 Å². The van der Waals surface area contributed by atoms with Gasteiger partial charge in [0.05, 0.1) is 18.0 Å². The van der Waals surface area contributed by atoms with Crippen molar-refractivity contribution in [1.29, 1.82) is 5.26 Å². The predicted octanol–water partition coefficient (Wildman–Crippen LogP) is 1.91. The fourth-order valence-corrected chi connectivity index (χ4v) is 1.18. The van der Waals surface area contributed by atoms with Crippen LogP contribution in [0.15, 0.2) is 24.3 Å². The molecule has 3 heteroatoms. The Morgan fingerprint density at radius 2 is 2.15 bits per heavy atom. The smallest absolute Gasteiger partial charge is 0.128 e. The molecule has 1 aromatic carbocycles. The standard InChI is InChI=1S/C10H11FN2/c1-10(13,6-7-12)8-4-2-3-5-9(8)11/h2-5H,6,13H2,1H3. The molecule has 0 heterocycles. The fourth-order valence-electron chi connectivity index (χ4n) is 1.18. The van der Waals surface area contributed by atoms with Crippen molar-refractivity contribution in [1.82, 2.24) is 0 Å². The van der Waals surface area contributed by atoms with Crippen LogP contribution in [0, 0.1) is 17.1 Å². The molecular weight excluding hydrogens is 167 g/mol. The Balaban J connectivity index is 3.08. The topological polar surface area (TPSA) is 49.8 Å². The quantitative estimate of drug-likeness (QED) is 0.752. The Kier molecular flexibility index (Phi) is 2.64. The molecule has 0 aliphatic carbocycles. The Morgan fingerprint density at radius 1 is 1.54 bits per heavy atom. The molecule has 68 valence electrons. The molecule has 0 saturated heterocycles. The van der Waals surface area contributed by atoms with Gasteiger partial charge in [0.25, 0.3) is 0 Å². The summed E-state index contributed by atoms with van der Waals surface area (Å²) in [4.78, 5) is 0. The first-order valence-corrected chi connectivity index (χ1v) is 3.99. The molecule has 1 unspecified atom stereocenters. The summed E-state index contributed by atoms with van der Waals surface area (Å²) in [6.07, 6.45) is 0.105. The van der Waals surface area contributed by atoms with Crippen LogP contribution in [-0.2, 0) is 5.54 Å². The van der Waals surface area contributed by atoms with Crippen molar-refractivity contribution in [3.63, 3.8) is 0 Å². The van der Waals surface area contributed by atoms with Crippen LogP contribution in [-0.4, -0.2) is 0 Å². The van der Waals surface area contributed by atoms with Gasteiger partial charge < -0.3 is 5.73 Å². The van der Waals surface area contributed by atoms with Gasteiger partial charge in [0.2, 0.25) is 0 Å². The number of nitrogens with zero attached hydrogens (tertiary/aromatic N) is 1. The van der Waals surface area contributed by atoms with Gasteiger partial charge in [-0.05, 0) is 13.0 Å². The van der Waals surface area contributed by atoms with Crippen LogP contribution >= 0.6 is 0 Å². The normalized spacial score (nSPS) is 14.6. The summed E-state index contributed by atoms with van der Waals surface area (Å²) in [5.41, 5.74) is 5.27. The van der Waals surface area contributed by atoms with E-state index in [-0.39, 0.29) is 12.2 Å². The molecule has 0 saturated carbocycles. The van der Waals surface area contributed by atoms with Gasteiger partial charge in [-0.1, -0.05) is 18.2 Å². The Bertz CT molecular complexity index is 339. The summed E-state index contributed by atoms with van der Waals surface area (Å²) in [7, 11) is 0. The molecule has 0 amide bonds. The summed E-state index contributed by atoms with van der Waals surface area (Å²) in [5, 5.41) is 8.50. The minimum Gasteiger partial charge on any atom is -0.321 e. The van der Waals surface area contributed by atoms with Crippen molar-refractivity contribution in [2.75, 3.05) is 0 Å². The van der Waals surface area contributed by atoms with Gasteiger partial charge >= 0.3 is 0 Å². The summed E-state index contributed by atoms with van der Waals surface area (Å²) in [5.74, 6) is -0.359. The van der Waals surface area contributed by atoms with E-state index in [0.29, 0.717) is 5.56 Å². The number of rotatable bonds is 2. The van der Waals surface area contributed by atoms with E-state index < -0.39 is 5.54 Å². The molecule has 2 nitrogen and oxygen atoms in total. The Labute approximate surface area is 76.8 Å². The van der Waals surface area contributed by atoms with E-state index >= 15 is 0 Å². The maximum absolute atomic E-state index is 13.2. The van der Waals surface area contributed by atoms with Crippen molar-refractivity contribution in [3.8, 4) is 6.07 Å². The molecule has 0 spiro atoms. The zero-order valence-electron chi connectivity index (χ0n) is 7.42. The summed E-state index contributed by atoms with van der Waals surface area (Å²) >= 11 is 0. The van der Waals surface area contributed by atoms with Gasteiger partial charge in [0.1, 0.15) is 5.82 Å². The van der Waals surface area contributed by atoms with Crippen LogP contribution in [0.5, 0.6) is 0 Å². The first-order chi connectivity index (χ1) is 6.08. The molecule has 1 rings (SSSR count). The number of benzene rings is 1. The van der Waals surface area contributed by atoms with E-state index in [1.807, 2.05) is 6.07 Å². The van der Waals surface area contributed by atoms with Gasteiger partial charge in [-0.2, -0.15) is 5.26 Å². The lowest BCUT2D eigenvalue weighted by Gasteiger charge is -2.22. The van der Waals surface area contributed by atoms with Crippen LogP contribution in [0.2, 0.25) is 0 Å². The van der Waals surface area contributed by atoms with Gasteiger partial charge in [0.15, 0.2) is 0 Å². The first kappa shape index (κ1) is 9.69. The summed E-state index contributed by atoms with van der Waals surface area (Å²) < 4.78 is 13.2. The molecule has 2 N–H and O–H groups in total. The highest BCUT2D eigenvalue weighted by molar-refractivity contribution is 5.25. The molecule has 0 aliphatic heterocycles. The van der Waals surface area contributed by atoms with Gasteiger partial charge in [0, 0.05) is 5.56 Å². The van der Waals surface area contributed by atoms with E-state index in [0.717, 1.165) is 0 Å². The van der Waals surface area contributed by atoms with Crippen LogP contribution < -0.4 is 5.73 Å². The van der Waals surface area contributed by atoms with Crippen LogP contribution in [0.4, 0.5) is 4.39 Å². The molecular formula is C10H11FN2. The maximum Gasteiger partial charge on any atom is 0.128 e. The molecule has 1 aromatic rings. The number of hydrogen-bond donors (Lipinski definition) is 1. The van der Waals surface area contributed by atoms with E-state index in [1.54, 1.807) is 25.1 Å². The van der Waals surface area contributed by atoms with Crippen molar-refractivity contribution >= 4 is 0 Å². The first-order valence-electron chi connectivity index (χ1n) is 3.99. The Morgan fingerprint density at radius 3 is 2.69 bits per heavy atom. The summed E-state index contributed by atoms with van der Waals surface area (Å²) in [6, 6.07) is 8.20. The van der Waals surface area contributed by atoms with E-state index in [1.165, 1.54) is 6.07 Å². The molecule has 1 atom stereocenters. The van der Waals surface area contributed by atoms with Crippen molar-refractivity contribution in [3.05, 3.63) is 35.6 Å². The average molecular weight is 178 g/mol. The van der Waals surface area contributed by atoms with Crippen molar-refractivity contribution in [2.24, 2.45) is 5.73 Å². The number of nitriles is 1. The van der Waals surface area contributed by atoms with Crippen LogP contribution in [0.3, 0.4) is 0 Å². The molecule has 0 aromatic heterocycles. The highest BCUT2D eigenvalue weighted by atomic mass is 19.1. The lowest BCUT2D eigenvalue weighted by Crippen LogP contribution is -2.33. The zero-order valence-corrected chi connectivity index (χ0v) is 7.42. The molecule has 0 bridgehead atoms. The van der Waals surface area contributed by atoms with Gasteiger partial charge in [-0.15, -0.1) is 0 Å². The van der Waals surface area contributed by atoms with Gasteiger partial charge in [-0.3, -0.25) is 0 Å². The third kappa shape index (κ3) is 2.04. The maximum atomic E-state index is 13.2. The zero-order chi connectivity index (χ0) is 9.90. The highest BCUT2D eigenvalue weighted by Gasteiger charge is 2.23. The van der Waals surface area contributed by atoms with Crippen LogP contribution in [0.25, 0.3) is 0 Å². The van der Waals surface area contributed by atoms with Crippen LogP contribution in [0.1, 0.15) is 18.9 Å². The molecule has 0 fully saturated rings. The third-order valence-electron chi connectivity index (χ3n) is 1.94. The lowest BCUT2D eigenvalue weighted by molar-refractivity contribution is 0.469. The Hall–Kier alpha value is -1.40. The number of halogens is 1. The predicted molar refractivity (Wildman–Crippen MR) is 48.2 cm³/mol. The molecule has 13 heavy (non-hydrogen) atoms. The van der Waals surface area contributed by atoms with Gasteiger partial charge in [-0.25, -0.2) is 4.39 Å². The largest absolute Gasteiger partial charge is 0.321 e. The second-order valence-electron chi connectivity index (χ2n) is 3.23. The number of hydrogen-bond acceptors (Lipinski definition) is 2. The van der Waals surface area contributed by atoms with Crippen molar-refractivity contribution in [2.45, 2.75) is 18.9 Å². The molecule has 0 aliphatic rings. The minimum atomic E-state index is -0.903.